The van der Waals surface area contributed by atoms with Gasteiger partial charge in [0.1, 0.15) is 18.2 Å². The molecule has 0 fully saturated rings. The Morgan fingerprint density at radius 2 is 1.90 bits per heavy atom. The number of rotatable bonds is 4. The van der Waals surface area contributed by atoms with Gasteiger partial charge in [0.05, 0.1) is 14.2 Å². The van der Waals surface area contributed by atoms with Crippen LogP contribution in [0.15, 0.2) is 60.1 Å². The molecule has 1 aromatic heterocycles. The lowest BCUT2D eigenvalue weighted by Gasteiger charge is -2.35. The van der Waals surface area contributed by atoms with Crippen LogP contribution >= 0.6 is 0 Å². The minimum atomic E-state index is -0.511. The van der Waals surface area contributed by atoms with Gasteiger partial charge in [-0.25, -0.2) is 9.07 Å². The van der Waals surface area contributed by atoms with Crippen molar-refractivity contribution in [2.24, 2.45) is 0 Å². The van der Waals surface area contributed by atoms with E-state index >= 15 is 0 Å². The fourth-order valence-electron chi connectivity index (χ4n) is 4.48. The molecule has 3 aromatic rings. The first-order chi connectivity index (χ1) is 15.1. The van der Waals surface area contributed by atoms with Gasteiger partial charge in [-0.1, -0.05) is 18.2 Å². The standard InChI is InChI=1S/C23H21FN4O3/c1-30-19-7-6-13(11-20(19)31-2)15-9-17-21(18(29)10-15)22(14-4-3-5-16(24)8-14)28-23(27-17)25-12-26-28/h3-8,11-12,15,22H,9-10H2,1-2H3,(H,25,26,27)/t15-,22+/m1/s1. The van der Waals surface area contributed by atoms with E-state index in [1.807, 2.05) is 24.3 Å². The second-order valence-electron chi connectivity index (χ2n) is 7.65. The third-order valence-electron chi connectivity index (χ3n) is 5.91. The zero-order valence-electron chi connectivity index (χ0n) is 17.1. The fourth-order valence-corrected chi connectivity index (χ4v) is 4.48. The highest BCUT2D eigenvalue weighted by molar-refractivity contribution is 6.00. The fraction of sp³-hybridized carbons (Fsp3) is 0.261. The number of aromatic nitrogens is 3. The summed E-state index contributed by atoms with van der Waals surface area (Å²) in [6.45, 7) is 0. The predicted molar refractivity (Wildman–Crippen MR) is 112 cm³/mol. The van der Waals surface area contributed by atoms with Gasteiger partial charge in [-0.15, -0.1) is 0 Å². The molecule has 1 aliphatic heterocycles. The van der Waals surface area contributed by atoms with E-state index in [9.17, 15) is 9.18 Å². The van der Waals surface area contributed by atoms with Gasteiger partial charge in [-0.3, -0.25) is 4.79 Å². The summed E-state index contributed by atoms with van der Waals surface area (Å²) in [5, 5.41) is 7.57. The van der Waals surface area contributed by atoms with Crippen molar-refractivity contribution in [1.29, 1.82) is 0 Å². The van der Waals surface area contributed by atoms with Crippen LogP contribution in [0.1, 0.15) is 35.9 Å². The Kier molecular flexibility index (Phi) is 4.69. The highest BCUT2D eigenvalue weighted by atomic mass is 19.1. The zero-order valence-corrected chi connectivity index (χ0v) is 17.1. The second kappa shape index (κ2) is 7.54. The van der Waals surface area contributed by atoms with Gasteiger partial charge in [0, 0.05) is 17.7 Å². The number of hydrogen-bond donors (Lipinski definition) is 1. The van der Waals surface area contributed by atoms with Crippen LogP contribution in [0.5, 0.6) is 11.5 Å². The molecule has 5 rings (SSSR count). The number of carbonyl (C=O) groups is 1. The number of halogens is 1. The van der Waals surface area contributed by atoms with Gasteiger partial charge in [0.2, 0.25) is 5.95 Å². The van der Waals surface area contributed by atoms with Gasteiger partial charge >= 0.3 is 0 Å². The number of benzene rings is 2. The Hall–Kier alpha value is -3.68. The molecule has 1 aliphatic carbocycles. The lowest BCUT2D eigenvalue weighted by Crippen LogP contribution is -2.33. The van der Waals surface area contributed by atoms with Crippen LogP contribution in [-0.2, 0) is 4.79 Å². The van der Waals surface area contributed by atoms with Crippen molar-refractivity contribution in [2.75, 3.05) is 19.5 Å². The smallest absolute Gasteiger partial charge is 0.226 e. The number of ether oxygens (including phenoxy) is 2. The zero-order chi connectivity index (χ0) is 21.5. The lowest BCUT2D eigenvalue weighted by molar-refractivity contribution is -0.116. The number of carbonyl (C=O) groups excluding carboxylic acids is 1. The molecule has 0 radical (unpaired) electrons. The van der Waals surface area contributed by atoms with Crippen LogP contribution in [-0.4, -0.2) is 34.8 Å². The molecule has 0 bridgehead atoms. The van der Waals surface area contributed by atoms with E-state index in [1.54, 1.807) is 25.0 Å². The number of anilines is 1. The van der Waals surface area contributed by atoms with E-state index in [1.165, 1.54) is 18.5 Å². The van der Waals surface area contributed by atoms with Crippen LogP contribution in [0.4, 0.5) is 10.3 Å². The average Bonchev–Trinajstić information content (AvgIpc) is 3.25. The van der Waals surface area contributed by atoms with Crippen LogP contribution in [0.3, 0.4) is 0 Å². The Bertz CT molecular complexity index is 1200. The van der Waals surface area contributed by atoms with Gasteiger partial charge in [0.15, 0.2) is 17.3 Å². The van der Waals surface area contributed by atoms with E-state index in [0.717, 1.165) is 11.3 Å². The Labute approximate surface area is 178 Å². The third-order valence-corrected chi connectivity index (χ3v) is 5.91. The maximum absolute atomic E-state index is 14.0. The van der Waals surface area contributed by atoms with Crippen molar-refractivity contribution in [2.45, 2.75) is 24.8 Å². The van der Waals surface area contributed by atoms with Crippen LogP contribution < -0.4 is 14.8 Å². The molecule has 31 heavy (non-hydrogen) atoms. The molecule has 7 nitrogen and oxygen atoms in total. The van der Waals surface area contributed by atoms with Gasteiger partial charge in [-0.2, -0.15) is 10.1 Å². The number of allylic oxidation sites excluding steroid dienone is 2. The molecule has 2 heterocycles. The highest BCUT2D eigenvalue weighted by Gasteiger charge is 2.39. The second-order valence-corrected chi connectivity index (χ2v) is 7.65. The van der Waals surface area contributed by atoms with Gasteiger partial charge in [-0.05, 0) is 47.7 Å². The summed E-state index contributed by atoms with van der Waals surface area (Å²) in [6.07, 6.45) is 2.39. The largest absolute Gasteiger partial charge is 0.493 e. The average molecular weight is 420 g/mol. The van der Waals surface area contributed by atoms with Crippen molar-refractivity contribution in [3.05, 3.63) is 77.0 Å². The van der Waals surface area contributed by atoms with E-state index < -0.39 is 6.04 Å². The number of hydrogen-bond acceptors (Lipinski definition) is 6. The summed E-state index contributed by atoms with van der Waals surface area (Å²) in [5.41, 5.74) is 3.07. The minimum absolute atomic E-state index is 0.00365. The normalized spacial score (nSPS) is 20.0. The van der Waals surface area contributed by atoms with Crippen LogP contribution in [0.25, 0.3) is 0 Å². The SMILES string of the molecule is COc1ccc([C@H]2CC(=O)C3=C(C2)Nc2ncnn2[C@H]3c2cccc(F)c2)cc1OC. The number of nitrogens with one attached hydrogen (secondary N) is 1. The molecular formula is C23H21FN4O3. The number of Topliss-reactive ketones (excluding diaryl/α,β-unsaturated/α-hetero) is 1. The van der Waals surface area contributed by atoms with Gasteiger partial charge < -0.3 is 14.8 Å². The topological polar surface area (TPSA) is 78.3 Å². The Morgan fingerprint density at radius 3 is 2.68 bits per heavy atom. The summed E-state index contributed by atoms with van der Waals surface area (Å²) in [5.74, 6) is 1.43. The Morgan fingerprint density at radius 1 is 1.06 bits per heavy atom. The van der Waals surface area contributed by atoms with Crippen molar-refractivity contribution in [3.8, 4) is 11.5 Å². The first kappa shape index (κ1) is 19.3. The molecule has 8 heteroatoms. The molecule has 0 saturated carbocycles. The number of nitrogens with zero attached hydrogens (tertiary/aromatic N) is 3. The summed E-state index contributed by atoms with van der Waals surface area (Å²) in [7, 11) is 3.18. The molecule has 1 N–H and O–H groups in total. The molecule has 158 valence electrons. The summed E-state index contributed by atoms with van der Waals surface area (Å²) >= 11 is 0. The van der Waals surface area contributed by atoms with E-state index in [2.05, 4.69) is 15.4 Å². The predicted octanol–water partition coefficient (Wildman–Crippen LogP) is 3.85. The molecule has 0 saturated heterocycles. The first-order valence-electron chi connectivity index (χ1n) is 9.99. The molecule has 0 spiro atoms. The van der Waals surface area contributed by atoms with Crippen molar-refractivity contribution in [3.63, 3.8) is 0 Å². The summed E-state index contributed by atoms with van der Waals surface area (Å²) in [6, 6.07) is 11.5. The van der Waals surface area contributed by atoms with Crippen molar-refractivity contribution >= 4 is 11.7 Å². The molecule has 2 aromatic carbocycles. The maximum atomic E-state index is 14.0. The first-order valence-corrected chi connectivity index (χ1v) is 9.99. The minimum Gasteiger partial charge on any atom is -0.493 e. The van der Waals surface area contributed by atoms with E-state index in [-0.39, 0.29) is 17.5 Å². The van der Waals surface area contributed by atoms with Crippen LogP contribution in [0, 0.1) is 5.82 Å². The number of methoxy groups -OCH3 is 2. The molecule has 2 atom stereocenters. The van der Waals surface area contributed by atoms with Crippen molar-refractivity contribution < 1.29 is 18.7 Å². The molecular weight excluding hydrogens is 399 g/mol. The van der Waals surface area contributed by atoms with Gasteiger partial charge in [0.25, 0.3) is 0 Å². The Balaban J connectivity index is 1.56. The van der Waals surface area contributed by atoms with E-state index in [0.29, 0.717) is 41.4 Å². The lowest BCUT2D eigenvalue weighted by atomic mass is 9.78. The summed E-state index contributed by atoms with van der Waals surface area (Å²) < 4.78 is 26.4. The quantitative estimate of drug-likeness (QED) is 0.691. The van der Waals surface area contributed by atoms with Crippen LogP contribution in [0.2, 0.25) is 0 Å². The number of ketones is 1. The maximum Gasteiger partial charge on any atom is 0.226 e. The third kappa shape index (κ3) is 3.24. The monoisotopic (exact) mass is 420 g/mol. The number of fused-ring (bicyclic) bond motifs is 1. The molecule has 2 aliphatic rings. The highest BCUT2D eigenvalue weighted by Crippen LogP contribution is 2.44. The van der Waals surface area contributed by atoms with Crippen molar-refractivity contribution in [1.82, 2.24) is 14.8 Å². The van der Waals surface area contributed by atoms with E-state index in [4.69, 9.17) is 9.47 Å². The molecule has 0 amide bonds. The molecule has 0 unspecified atom stereocenters. The summed E-state index contributed by atoms with van der Waals surface area (Å²) in [4.78, 5) is 17.7.